The predicted octanol–water partition coefficient (Wildman–Crippen LogP) is -0.256. The van der Waals surface area contributed by atoms with Crippen LogP contribution in [0.15, 0.2) is 24.3 Å². The van der Waals surface area contributed by atoms with Crippen molar-refractivity contribution in [3.63, 3.8) is 0 Å². The largest absolute Gasteiger partial charge is 0.528 e. The zero-order valence-corrected chi connectivity index (χ0v) is 9.39. The topological polar surface area (TPSA) is 60.7 Å². The van der Waals surface area contributed by atoms with Crippen molar-refractivity contribution in [2.75, 3.05) is 0 Å². The molecule has 0 spiro atoms. The van der Waals surface area contributed by atoms with Crippen LogP contribution >= 0.6 is 22.6 Å². The van der Waals surface area contributed by atoms with Crippen molar-refractivity contribution in [3.05, 3.63) is 29.8 Å². The minimum absolute atomic E-state index is 0.219. The number of halogens is 1. The standard InChI is InChI=1S/C7H9IO3Si/c8-5-6-1-3-7(4-2-6)12(9,10)11/h1-4,9-11H,5H2. The molecule has 3 N–H and O–H groups in total. The molecule has 3 nitrogen and oxygen atoms in total. The number of alkyl halides is 1. The number of hydrogen-bond acceptors (Lipinski definition) is 3. The van der Waals surface area contributed by atoms with E-state index in [1.807, 2.05) is 0 Å². The summed E-state index contributed by atoms with van der Waals surface area (Å²) in [5.41, 5.74) is 1.10. The molecule has 0 fully saturated rings. The molecule has 0 aliphatic carbocycles. The minimum Gasteiger partial charge on any atom is -0.386 e. The molecule has 0 heterocycles. The first-order valence-electron chi connectivity index (χ1n) is 3.36. The summed E-state index contributed by atoms with van der Waals surface area (Å²) in [7, 11) is -4.07. The molecule has 0 radical (unpaired) electrons. The van der Waals surface area contributed by atoms with Crippen LogP contribution in [0.1, 0.15) is 5.56 Å². The molecule has 5 heteroatoms. The quantitative estimate of drug-likeness (QED) is 0.400. The van der Waals surface area contributed by atoms with Gasteiger partial charge in [0.2, 0.25) is 0 Å². The molecular weight excluding hydrogens is 287 g/mol. The van der Waals surface area contributed by atoms with E-state index in [0.717, 1.165) is 9.99 Å². The van der Waals surface area contributed by atoms with Crippen molar-refractivity contribution in [3.8, 4) is 0 Å². The van der Waals surface area contributed by atoms with E-state index >= 15 is 0 Å². The van der Waals surface area contributed by atoms with E-state index in [-0.39, 0.29) is 5.19 Å². The first-order chi connectivity index (χ1) is 5.54. The van der Waals surface area contributed by atoms with Crippen molar-refractivity contribution >= 4 is 36.6 Å². The van der Waals surface area contributed by atoms with Crippen molar-refractivity contribution in [2.45, 2.75) is 4.43 Å². The molecule has 0 unspecified atom stereocenters. The van der Waals surface area contributed by atoms with E-state index in [9.17, 15) is 0 Å². The van der Waals surface area contributed by atoms with Gasteiger partial charge in [-0.2, -0.15) is 0 Å². The van der Waals surface area contributed by atoms with E-state index in [1.165, 1.54) is 0 Å². The summed E-state index contributed by atoms with van der Waals surface area (Å²) in [5, 5.41) is 0.219. The summed E-state index contributed by atoms with van der Waals surface area (Å²) < 4.78 is 0.870. The normalized spacial score (nSPS) is 11.7. The van der Waals surface area contributed by atoms with Crippen LogP contribution in [0.4, 0.5) is 0 Å². The van der Waals surface area contributed by atoms with Crippen LogP contribution in [0.25, 0.3) is 0 Å². The van der Waals surface area contributed by atoms with Gasteiger partial charge in [-0.05, 0) is 5.56 Å². The second-order valence-corrected chi connectivity index (χ2v) is 5.08. The summed E-state index contributed by atoms with van der Waals surface area (Å²) in [5.74, 6) is 0. The van der Waals surface area contributed by atoms with Gasteiger partial charge < -0.3 is 14.4 Å². The Kier molecular flexibility index (Phi) is 3.24. The molecule has 0 bridgehead atoms. The number of hydrogen-bond donors (Lipinski definition) is 3. The summed E-state index contributed by atoms with van der Waals surface area (Å²) in [6.45, 7) is 0. The van der Waals surface area contributed by atoms with Gasteiger partial charge in [0.25, 0.3) is 0 Å². The lowest BCUT2D eigenvalue weighted by Crippen LogP contribution is -2.48. The zero-order chi connectivity index (χ0) is 9.19. The lowest BCUT2D eigenvalue weighted by Gasteiger charge is -2.09. The van der Waals surface area contributed by atoms with Crippen LogP contribution in [-0.4, -0.2) is 23.2 Å². The maximum absolute atomic E-state index is 8.90. The summed E-state index contributed by atoms with van der Waals surface area (Å²) >= 11 is 2.21. The molecule has 0 aliphatic rings. The molecule has 1 aromatic rings. The van der Waals surface area contributed by atoms with Crippen molar-refractivity contribution < 1.29 is 14.4 Å². The van der Waals surface area contributed by atoms with Gasteiger partial charge >= 0.3 is 8.80 Å². The molecular formula is C7H9IO3Si. The third kappa shape index (κ3) is 2.52. The molecule has 0 aliphatic heterocycles. The van der Waals surface area contributed by atoms with Gasteiger partial charge in [-0.3, -0.25) is 0 Å². The minimum atomic E-state index is -4.07. The van der Waals surface area contributed by atoms with Crippen molar-refractivity contribution in [1.29, 1.82) is 0 Å². The van der Waals surface area contributed by atoms with Gasteiger partial charge in [0.15, 0.2) is 0 Å². The molecule has 0 amide bonds. The van der Waals surface area contributed by atoms with Crippen LogP contribution in [0.2, 0.25) is 0 Å². The molecule has 12 heavy (non-hydrogen) atoms. The fourth-order valence-electron chi connectivity index (χ4n) is 0.817. The Balaban J connectivity index is 2.93. The van der Waals surface area contributed by atoms with Crippen LogP contribution in [-0.2, 0) is 4.43 Å². The first kappa shape index (κ1) is 10.1. The lowest BCUT2D eigenvalue weighted by molar-refractivity contribution is 0.250. The van der Waals surface area contributed by atoms with E-state index in [2.05, 4.69) is 22.6 Å². The van der Waals surface area contributed by atoms with Gasteiger partial charge in [-0.25, -0.2) is 0 Å². The fourth-order valence-corrected chi connectivity index (χ4v) is 1.94. The number of benzene rings is 1. The molecule has 0 aromatic heterocycles. The highest BCUT2D eigenvalue weighted by Crippen LogP contribution is 2.04. The van der Waals surface area contributed by atoms with Crippen molar-refractivity contribution in [2.24, 2.45) is 0 Å². The molecule has 1 aromatic carbocycles. The first-order valence-corrected chi connectivity index (χ1v) is 6.73. The lowest BCUT2D eigenvalue weighted by atomic mass is 10.2. The van der Waals surface area contributed by atoms with Crippen molar-refractivity contribution in [1.82, 2.24) is 0 Å². The highest BCUT2D eigenvalue weighted by molar-refractivity contribution is 14.1. The van der Waals surface area contributed by atoms with Crippen LogP contribution in [0.3, 0.4) is 0 Å². The Morgan fingerprint density at radius 3 is 1.92 bits per heavy atom. The Morgan fingerprint density at radius 2 is 1.58 bits per heavy atom. The van der Waals surface area contributed by atoms with E-state index in [1.54, 1.807) is 24.3 Å². The Labute approximate surface area is 85.2 Å². The Morgan fingerprint density at radius 1 is 1.08 bits per heavy atom. The summed E-state index contributed by atoms with van der Waals surface area (Å²) in [6, 6.07) is 6.62. The average molecular weight is 296 g/mol. The molecule has 0 saturated heterocycles. The van der Waals surface area contributed by atoms with Crippen LogP contribution in [0, 0.1) is 0 Å². The second kappa shape index (κ2) is 3.84. The third-order valence-electron chi connectivity index (χ3n) is 1.50. The summed E-state index contributed by atoms with van der Waals surface area (Å²) in [4.78, 5) is 26.7. The average Bonchev–Trinajstić information content (AvgIpc) is 2.03. The van der Waals surface area contributed by atoms with Gasteiger partial charge in [0, 0.05) is 9.61 Å². The van der Waals surface area contributed by atoms with E-state index < -0.39 is 8.80 Å². The highest BCUT2D eigenvalue weighted by atomic mass is 127. The van der Waals surface area contributed by atoms with Gasteiger partial charge in [0.05, 0.1) is 0 Å². The number of rotatable bonds is 2. The predicted molar refractivity (Wildman–Crippen MR) is 56.2 cm³/mol. The highest BCUT2D eigenvalue weighted by Gasteiger charge is 2.29. The zero-order valence-electron chi connectivity index (χ0n) is 6.24. The Hall–Kier alpha value is 0.0469. The smallest absolute Gasteiger partial charge is 0.386 e. The van der Waals surface area contributed by atoms with E-state index in [0.29, 0.717) is 0 Å². The maximum atomic E-state index is 8.90. The molecule has 66 valence electrons. The third-order valence-corrected chi connectivity index (χ3v) is 3.48. The maximum Gasteiger partial charge on any atom is 0.528 e. The van der Waals surface area contributed by atoms with Gasteiger partial charge in [-0.15, -0.1) is 0 Å². The fraction of sp³-hybridized carbons (Fsp3) is 0.143. The molecule has 1 rings (SSSR count). The van der Waals surface area contributed by atoms with Gasteiger partial charge in [0.1, 0.15) is 0 Å². The van der Waals surface area contributed by atoms with Crippen LogP contribution in [0.5, 0.6) is 0 Å². The monoisotopic (exact) mass is 296 g/mol. The second-order valence-electron chi connectivity index (χ2n) is 2.47. The summed E-state index contributed by atoms with van der Waals surface area (Å²) in [6.07, 6.45) is 0. The van der Waals surface area contributed by atoms with Crippen LogP contribution < -0.4 is 5.19 Å². The SMILES string of the molecule is O[Si](O)(O)c1ccc(CI)cc1. The molecule has 0 saturated carbocycles. The molecule has 0 atom stereocenters. The Bertz CT molecular complexity index is 254. The van der Waals surface area contributed by atoms with Gasteiger partial charge in [-0.1, -0.05) is 46.9 Å². The van der Waals surface area contributed by atoms with E-state index in [4.69, 9.17) is 14.4 Å².